The van der Waals surface area contributed by atoms with Crippen LogP contribution in [0, 0.1) is 0 Å². The van der Waals surface area contributed by atoms with Crippen LogP contribution in [-0.4, -0.2) is 30.3 Å². The monoisotopic (exact) mass is 298 g/mol. The number of pyridine rings is 1. The van der Waals surface area contributed by atoms with Gasteiger partial charge in [-0.25, -0.2) is 19.2 Å². The molecule has 1 saturated carbocycles. The van der Waals surface area contributed by atoms with Gasteiger partial charge in [-0.05, 0) is 25.0 Å². The zero-order chi connectivity index (χ0) is 14.6. The minimum atomic E-state index is -3.57. The van der Waals surface area contributed by atoms with Gasteiger partial charge in [0.05, 0.1) is 0 Å². The molecule has 0 saturated heterocycles. The third-order valence-electron chi connectivity index (χ3n) is 3.79. The SMILES string of the molecule is CCN(C1CCCCC1)S(=O)(=O)c1cccnc1NN. The van der Waals surface area contributed by atoms with Gasteiger partial charge in [0.2, 0.25) is 10.0 Å². The fraction of sp³-hybridized carbons (Fsp3) is 0.615. The van der Waals surface area contributed by atoms with E-state index in [2.05, 4.69) is 10.4 Å². The second-order valence-electron chi connectivity index (χ2n) is 4.99. The highest BCUT2D eigenvalue weighted by molar-refractivity contribution is 7.89. The van der Waals surface area contributed by atoms with Crippen molar-refractivity contribution < 1.29 is 8.42 Å². The molecule has 1 aromatic heterocycles. The van der Waals surface area contributed by atoms with Crippen LogP contribution >= 0.6 is 0 Å². The van der Waals surface area contributed by atoms with Gasteiger partial charge in [-0.2, -0.15) is 4.31 Å². The molecule has 1 heterocycles. The fourth-order valence-electron chi connectivity index (χ4n) is 2.83. The standard InChI is InChI=1S/C13H22N4O2S/c1-2-17(11-7-4-3-5-8-11)20(18,19)12-9-6-10-15-13(12)16-14/h6,9-11H,2-5,7-8,14H2,1H3,(H,15,16). The number of hydrazine groups is 1. The summed E-state index contributed by atoms with van der Waals surface area (Å²) in [5, 5.41) is 0. The van der Waals surface area contributed by atoms with Crippen LogP contribution in [0.5, 0.6) is 0 Å². The highest BCUT2D eigenvalue weighted by Gasteiger charge is 2.32. The molecule has 1 aliphatic rings. The maximum atomic E-state index is 12.8. The topological polar surface area (TPSA) is 88.3 Å². The smallest absolute Gasteiger partial charge is 0.247 e. The molecule has 7 heteroatoms. The van der Waals surface area contributed by atoms with Gasteiger partial charge in [-0.3, -0.25) is 0 Å². The lowest BCUT2D eigenvalue weighted by Gasteiger charge is -2.32. The zero-order valence-corrected chi connectivity index (χ0v) is 12.6. The van der Waals surface area contributed by atoms with Crippen LogP contribution in [0.3, 0.4) is 0 Å². The van der Waals surface area contributed by atoms with Gasteiger partial charge in [0.15, 0.2) is 5.82 Å². The van der Waals surface area contributed by atoms with Crippen molar-refractivity contribution in [3.63, 3.8) is 0 Å². The van der Waals surface area contributed by atoms with Gasteiger partial charge in [0.25, 0.3) is 0 Å². The molecule has 1 aliphatic carbocycles. The lowest BCUT2D eigenvalue weighted by Crippen LogP contribution is -2.41. The van der Waals surface area contributed by atoms with Crippen molar-refractivity contribution in [1.29, 1.82) is 0 Å². The number of hydrogen-bond donors (Lipinski definition) is 2. The molecule has 20 heavy (non-hydrogen) atoms. The number of aromatic nitrogens is 1. The first-order valence-electron chi connectivity index (χ1n) is 7.04. The van der Waals surface area contributed by atoms with E-state index < -0.39 is 10.0 Å². The lowest BCUT2D eigenvalue weighted by atomic mass is 9.95. The molecule has 0 bridgehead atoms. The van der Waals surface area contributed by atoms with E-state index in [4.69, 9.17) is 5.84 Å². The van der Waals surface area contributed by atoms with Gasteiger partial charge in [-0.15, -0.1) is 0 Å². The van der Waals surface area contributed by atoms with Crippen LogP contribution in [0.15, 0.2) is 23.2 Å². The summed E-state index contributed by atoms with van der Waals surface area (Å²) in [5.74, 6) is 5.57. The van der Waals surface area contributed by atoms with E-state index in [1.807, 2.05) is 6.92 Å². The second-order valence-corrected chi connectivity index (χ2v) is 6.85. The van der Waals surface area contributed by atoms with Crippen LogP contribution in [0.25, 0.3) is 0 Å². The maximum absolute atomic E-state index is 12.8. The number of nitrogens with zero attached hydrogens (tertiary/aromatic N) is 2. The Balaban J connectivity index is 2.35. The summed E-state index contributed by atoms with van der Waals surface area (Å²) in [4.78, 5) is 4.13. The van der Waals surface area contributed by atoms with Crippen LogP contribution < -0.4 is 11.3 Å². The number of nitrogen functional groups attached to an aromatic ring is 1. The Morgan fingerprint density at radius 1 is 1.40 bits per heavy atom. The highest BCUT2D eigenvalue weighted by Crippen LogP contribution is 2.29. The molecule has 0 unspecified atom stereocenters. The predicted molar refractivity (Wildman–Crippen MR) is 78.5 cm³/mol. The second kappa shape index (κ2) is 6.51. The molecule has 2 rings (SSSR count). The average molecular weight is 298 g/mol. The van der Waals surface area contributed by atoms with Crippen molar-refractivity contribution in [3.05, 3.63) is 18.3 Å². The summed E-state index contributed by atoms with van der Waals surface area (Å²) in [6, 6.07) is 3.25. The van der Waals surface area contributed by atoms with Crippen molar-refractivity contribution in [1.82, 2.24) is 9.29 Å². The van der Waals surface area contributed by atoms with E-state index in [0.29, 0.717) is 6.54 Å². The lowest BCUT2D eigenvalue weighted by molar-refractivity contribution is 0.261. The molecule has 1 fully saturated rings. The minimum absolute atomic E-state index is 0.0876. The van der Waals surface area contributed by atoms with Gasteiger partial charge in [-0.1, -0.05) is 26.2 Å². The Hall–Kier alpha value is -1.18. The van der Waals surface area contributed by atoms with Crippen molar-refractivity contribution >= 4 is 15.8 Å². The molecular weight excluding hydrogens is 276 g/mol. The molecule has 3 N–H and O–H groups in total. The van der Waals surface area contributed by atoms with Crippen LogP contribution in [0.4, 0.5) is 5.82 Å². The number of rotatable bonds is 5. The Kier molecular flexibility index (Phi) is 4.95. The van der Waals surface area contributed by atoms with E-state index in [1.54, 1.807) is 16.4 Å². The molecule has 0 amide bonds. The highest BCUT2D eigenvalue weighted by atomic mass is 32.2. The summed E-state index contributed by atoms with van der Waals surface area (Å²) in [6.07, 6.45) is 6.75. The third kappa shape index (κ3) is 2.94. The Morgan fingerprint density at radius 3 is 2.70 bits per heavy atom. The number of hydrogen-bond acceptors (Lipinski definition) is 5. The molecule has 0 aliphatic heterocycles. The van der Waals surface area contributed by atoms with Crippen LogP contribution in [0.1, 0.15) is 39.0 Å². The molecule has 0 spiro atoms. The van der Waals surface area contributed by atoms with Crippen molar-refractivity contribution in [2.75, 3.05) is 12.0 Å². The maximum Gasteiger partial charge on any atom is 0.247 e. The predicted octanol–water partition coefficient (Wildman–Crippen LogP) is 1.71. The first kappa shape index (κ1) is 15.2. The number of anilines is 1. The minimum Gasteiger partial charge on any atom is -0.307 e. The van der Waals surface area contributed by atoms with Crippen molar-refractivity contribution in [2.24, 2.45) is 5.84 Å². The van der Waals surface area contributed by atoms with Crippen LogP contribution in [-0.2, 0) is 10.0 Å². The van der Waals surface area contributed by atoms with E-state index in [9.17, 15) is 8.42 Å². The number of sulfonamides is 1. The molecule has 1 aromatic rings. The summed E-state index contributed by atoms with van der Waals surface area (Å²) in [7, 11) is -3.57. The summed E-state index contributed by atoms with van der Waals surface area (Å²) in [5.41, 5.74) is 2.37. The number of nitrogens with one attached hydrogen (secondary N) is 1. The normalized spacial score (nSPS) is 17.4. The zero-order valence-electron chi connectivity index (χ0n) is 11.7. The molecule has 112 valence electrons. The van der Waals surface area contributed by atoms with Crippen molar-refractivity contribution in [3.8, 4) is 0 Å². The molecule has 6 nitrogen and oxygen atoms in total. The molecule has 0 radical (unpaired) electrons. The fourth-order valence-corrected chi connectivity index (χ4v) is 4.63. The van der Waals surface area contributed by atoms with E-state index >= 15 is 0 Å². The molecule has 0 atom stereocenters. The number of nitrogens with two attached hydrogens (primary N) is 1. The van der Waals surface area contributed by atoms with Gasteiger partial charge >= 0.3 is 0 Å². The van der Waals surface area contributed by atoms with Gasteiger partial charge in [0.1, 0.15) is 4.90 Å². The van der Waals surface area contributed by atoms with Crippen molar-refractivity contribution in [2.45, 2.75) is 50.0 Å². The van der Waals surface area contributed by atoms with Crippen LogP contribution in [0.2, 0.25) is 0 Å². The third-order valence-corrected chi connectivity index (χ3v) is 5.85. The first-order valence-corrected chi connectivity index (χ1v) is 8.48. The summed E-state index contributed by atoms with van der Waals surface area (Å²) >= 11 is 0. The average Bonchev–Trinajstić information content (AvgIpc) is 2.48. The van der Waals surface area contributed by atoms with E-state index in [0.717, 1.165) is 25.7 Å². The quantitative estimate of drug-likeness (QED) is 0.638. The van der Waals surface area contributed by atoms with Gasteiger partial charge < -0.3 is 5.43 Å². The first-order chi connectivity index (χ1) is 9.61. The van der Waals surface area contributed by atoms with Gasteiger partial charge in [0, 0.05) is 18.8 Å². The summed E-state index contributed by atoms with van der Waals surface area (Å²) in [6.45, 7) is 2.34. The molecule has 0 aromatic carbocycles. The van der Waals surface area contributed by atoms with E-state index in [1.165, 1.54) is 12.6 Å². The van der Waals surface area contributed by atoms with E-state index in [-0.39, 0.29) is 16.8 Å². The Bertz CT molecular complexity index is 541. The molecular formula is C13H22N4O2S. The summed E-state index contributed by atoms with van der Waals surface area (Å²) < 4.78 is 27.3. The Morgan fingerprint density at radius 2 is 2.10 bits per heavy atom. The largest absolute Gasteiger partial charge is 0.307 e. The Labute approximate surface area is 120 Å².